The van der Waals surface area contributed by atoms with Crippen LogP contribution in [0.2, 0.25) is 0 Å². The van der Waals surface area contributed by atoms with Crippen molar-refractivity contribution in [2.75, 3.05) is 31.9 Å². The Labute approximate surface area is 149 Å². The first-order valence-electron chi connectivity index (χ1n) is 9.00. The van der Waals surface area contributed by atoms with E-state index in [1.54, 1.807) is 11.8 Å². The van der Waals surface area contributed by atoms with Crippen LogP contribution in [0.15, 0.2) is 29.2 Å². The van der Waals surface area contributed by atoms with Crippen LogP contribution >= 0.6 is 11.8 Å². The van der Waals surface area contributed by atoms with Crippen molar-refractivity contribution in [3.05, 3.63) is 29.8 Å². The molecule has 3 unspecified atom stereocenters. The molecule has 0 radical (unpaired) electrons. The lowest BCUT2D eigenvalue weighted by Gasteiger charge is -2.35. The fraction of sp³-hybridized carbons (Fsp3) is 0.632. The van der Waals surface area contributed by atoms with Gasteiger partial charge in [-0.25, -0.2) is 0 Å². The van der Waals surface area contributed by atoms with Crippen LogP contribution in [0.3, 0.4) is 0 Å². The molecule has 0 aliphatic carbocycles. The van der Waals surface area contributed by atoms with Crippen molar-refractivity contribution in [3.63, 3.8) is 0 Å². The second-order valence-corrected chi connectivity index (χ2v) is 7.98. The number of morpholine rings is 1. The number of rotatable bonds is 6. The zero-order chi connectivity index (χ0) is 16.9. The quantitative estimate of drug-likeness (QED) is 0.803. The summed E-state index contributed by atoms with van der Waals surface area (Å²) in [5.41, 5.74) is 1.19. The zero-order valence-corrected chi connectivity index (χ0v) is 15.5. The number of fused-ring (bicyclic) bond motifs is 1. The van der Waals surface area contributed by atoms with Crippen molar-refractivity contribution in [3.8, 4) is 0 Å². The van der Waals surface area contributed by atoms with Crippen LogP contribution in [-0.4, -0.2) is 54.9 Å². The molecule has 1 aromatic carbocycles. The Bertz CT molecular complexity index is 556. The Morgan fingerprint density at radius 3 is 2.79 bits per heavy atom. The summed E-state index contributed by atoms with van der Waals surface area (Å²) in [6.07, 6.45) is 2.81. The highest BCUT2D eigenvalue weighted by Crippen LogP contribution is 2.39. The third-order valence-corrected chi connectivity index (χ3v) is 5.89. The smallest absolute Gasteiger partial charge is 0.228 e. The van der Waals surface area contributed by atoms with Crippen LogP contribution in [0.25, 0.3) is 0 Å². The number of carbonyl (C=O) groups is 1. The van der Waals surface area contributed by atoms with Gasteiger partial charge in [-0.15, -0.1) is 11.8 Å². The summed E-state index contributed by atoms with van der Waals surface area (Å²) in [5.74, 6) is 1.07. The SMILES string of the molecule is CC1CN(CCCCNC(=O)C2CSc3ccccc32)CC(C)O1. The number of nitrogens with one attached hydrogen (secondary N) is 1. The van der Waals surface area contributed by atoms with Gasteiger partial charge in [-0.2, -0.15) is 0 Å². The first-order chi connectivity index (χ1) is 11.6. The maximum atomic E-state index is 12.4. The molecule has 0 bridgehead atoms. The maximum absolute atomic E-state index is 12.4. The number of nitrogens with zero attached hydrogens (tertiary/aromatic N) is 1. The number of ether oxygens (including phenoxy) is 1. The molecule has 2 heterocycles. The zero-order valence-electron chi connectivity index (χ0n) is 14.7. The third kappa shape index (κ3) is 4.52. The molecule has 1 amide bonds. The molecule has 3 atom stereocenters. The van der Waals surface area contributed by atoms with E-state index in [9.17, 15) is 4.79 Å². The molecule has 132 valence electrons. The Hall–Kier alpha value is -1.04. The fourth-order valence-electron chi connectivity index (χ4n) is 3.64. The molecular weight excluding hydrogens is 320 g/mol. The van der Waals surface area contributed by atoms with E-state index in [0.29, 0.717) is 12.2 Å². The number of unbranched alkanes of at least 4 members (excludes halogenated alkanes) is 1. The molecule has 2 aliphatic rings. The highest BCUT2D eigenvalue weighted by molar-refractivity contribution is 7.99. The van der Waals surface area contributed by atoms with Crippen LogP contribution in [0, 0.1) is 0 Å². The number of amides is 1. The molecule has 24 heavy (non-hydrogen) atoms. The number of hydrogen-bond acceptors (Lipinski definition) is 4. The molecule has 3 rings (SSSR count). The Morgan fingerprint density at radius 2 is 2.00 bits per heavy atom. The molecule has 2 aliphatic heterocycles. The fourth-order valence-corrected chi connectivity index (χ4v) is 4.87. The lowest BCUT2D eigenvalue weighted by molar-refractivity contribution is -0.122. The van der Waals surface area contributed by atoms with Gasteiger partial charge in [0.25, 0.3) is 0 Å². The van der Waals surface area contributed by atoms with Gasteiger partial charge >= 0.3 is 0 Å². The minimum atomic E-state index is 0.0205. The summed E-state index contributed by atoms with van der Waals surface area (Å²) < 4.78 is 5.76. The van der Waals surface area contributed by atoms with Gasteiger partial charge < -0.3 is 10.1 Å². The van der Waals surface area contributed by atoms with E-state index >= 15 is 0 Å². The summed E-state index contributed by atoms with van der Waals surface area (Å²) in [7, 11) is 0. The highest BCUT2D eigenvalue weighted by atomic mass is 32.2. The van der Waals surface area contributed by atoms with Gasteiger partial charge in [-0.1, -0.05) is 18.2 Å². The number of thioether (sulfide) groups is 1. The van der Waals surface area contributed by atoms with Crippen molar-refractivity contribution in [2.24, 2.45) is 0 Å². The summed E-state index contributed by atoms with van der Waals surface area (Å²) in [4.78, 5) is 16.1. The predicted octanol–water partition coefficient (Wildman–Crippen LogP) is 2.88. The molecule has 1 aromatic rings. The van der Waals surface area contributed by atoms with E-state index in [4.69, 9.17) is 4.74 Å². The second kappa shape index (κ2) is 8.37. The number of hydrogen-bond donors (Lipinski definition) is 1. The molecule has 5 heteroatoms. The van der Waals surface area contributed by atoms with E-state index in [2.05, 4.69) is 36.2 Å². The molecular formula is C19H28N2O2S. The van der Waals surface area contributed by atoms with E-state index in [-0.39, 0.29) is 11.8 Å². The summed E-state index contributed by atoms with van der Waals surface area (Å²) >= 11 is 1.79. The maximum Gasteiger partial charge on any atom is 0.228 e. The molecule has 1 fully saturated rings. The van der Waals surface area contributed by atoms with Gasteiger partial charge in [0.05, 0.1) is 18.1 Å². The van der Waals surface area contributed by atoms with Gasteiger partial charge in [0, 0.05) is 30.3 Å². The van der Waals surface area contributed by atoms with Crippen LogP contribution < -0.4 is 5.32 Å². The van der Waals surface area contributed by atoms with Crippen molar-refractivity contribution in [1.82, 2.24) is 10.2 Å². The normalized spacial score (nSPS) is 27.0. The summed E-state index contributed by atoms with van der Waals surface area (Å²) in [6, 6.07) is 8.26. The first kappa shape index (κ1) is 17.8. The molecule has 0 saturated carbocycles. The van der Waals surface area contributed by atoms with Gasteiger partial charge in [0.1, 0.15) is 0 Å². The van der Waals surface area contributed by atoms with Crippen molar-refractivity contribution < 1.29 is 9.53 Å². The van der Waals surface area contributed by atoms with Crippen molar-refractivity contribution in [2.45, 2.75) is 49.7 Å². The van der Waals surface area contributed by atoms with Gasteiger partial charge in [0.2, 0.25) is 5.91 Å². The minimum Gasteiger partial charge on any atom is -0.373 e. The molecule has 0 aromatic heterocycles. The lowest BCUT2D eigenvalue weighted by Crippen LogP contribution is -2.45. The Balaban J connectivity index is 1.35. The van der Waals surface area contributed by atoms with E-state index in [0.717, 1.165) is 44.8 Å². The average molecular weight is 349 g/mol. The van der Waals surface area contributed by atoms with Gasteiger partial charge in [-0.05, 0) is 44.9 Å². The van der Waals surface area contributed by atoms with Crippen molar-refractivity contribution in [1.29, 1.82) is 0 Å². The van der Waals surface area contributed by atoms with Crippen LogP contribution in [0.4, 0.5) is 0 Å². The Kier molecular flexibility index (Phi) is 6.19. The van der Waals surface area contributed by atoms with Crippen LogP contribution in [0.5, 0.6) is 0 Å². The average Bonchev–Trinajstić information content (AvgIpc) is 2.97. The van der Waals surface area contributed by atoms with E-state index < -0.39 is 0 Å². The number of benzene rings is 1. The molecule has 4 nitrogen and oxygen atoms in total. The van der Waals surface area contributed by atoms with Crippen LogP contribution in [-0.2, 0) is 9.53 Å². The summed E-state index contributed by atoms with van der Waals surface area (Å²) in [6.45, 7) is 8.19. The third-order valence-electron chi connectivity index (χ3n) is 4.71. The molecule has 1 N–H and O–H groups in total. The van der Waals surface area contributed by atoms with Crippen molar-refractivity contribution >= 4 is 17.7 Å². The second-order valence-electron chi connectivity index (χ2n) is 6.92. The molecule has 1 saturated heterocycles. The molecule has 0 spiro atoms. The van der Waals surface area contributed by atoms with E-state index in [1.165, 1.54) is 10.5 Å². The first-order valence-corrected chi connectivity index (χ1v) is 9.99. The topological polar surface area (TPSA) is 41.6 Å². The predicted molar refractivity (Wildman–Crippen MR) is 98.6 cm³/mol. The standard InChI is InChI=1S/C19H28N2O2S/c1-14-11-21(12-15(2)23-14)10-6-5-9-20-19(22)17-13-24-18-8-4-3-7-16(17)18/h3-4,7-8,14-15,17H,5-6,9-13H2,1-2H3,(H,20,22). The van der Waals surface area contributed by atoms with Crippen LogP contribution in [0.1, 0.15) is 38.2 Å². The van der Waals surface area contributed by atoms with Gasteiger partial charge in [-0.3, -0.25) is 9.69 Å². The monoisotopic (exact) mass is 348 g/mol. The highest BCUT2D eigenvalue weighted by Gasteiger charge is 2.28. The minimum absolute atomic E-state index is 0.0205. The lowest BCUT2D eigenvalue weighted by atomic mass is 10.0. The Morgan fingerprint density at radius 1 is 1.25 bits per heavy atom. The summed E-state index contributed by atoms with van der Waals surface area (Å²) in [5, 5.41) is 3.13. The largest absolute Gasteiger partial charge is 0.373 e. The van der Waals surface area contributed by atoms with Gasteiger partial charge in [0.15, 0.2) is 0 Å². The number of carbonyl (C=O) groups excluding carboxylic acids is 1. The van der Waals surface area contributed by atoms with E-state index in [1.807, 2.05) is 12.1 Å².